The summed E-state index contributed by atoms with van der Waals surface area (Å²) in [5, 5.41) is 11.3. The van der Waals surface area contributed by atoms with Crippen molar-refractivity contribution in [2.45, 2.75) is 0 Å². The van der Waals surface area contributed by atoms with E-state index in [2.05, 4.69) is 4.37 Å². The third kappa shape index (κ3) is 2.04. The van der Waals surface area contributed by atoms with Crippen molar-refractivity contribution in [2.75, 3.05) is 0 Å². The van der Waals surface area contributed by atoms with E-state index in [9.17, 15) is 4.79 Å². The Balaban J connectivity index is 2.59. The number of carbonyl (C=O) groups is 1. The Labute approximate surface area is 105 Å². The van der Waals surface area contributed by atoms with Gasteiger partial charge in [0.1, 0.15) is 5.69 Å². The molecule has 82 valence electrons. The normalized spacial score (nSPS) is 10.4. The van der Waals surface area contributed by atoms with Crippen LogP contribution in [-0.4, -0.2) is 15.4 Å². The maximum absolute atomic E-state index is 10.9. The summed E-state index contributed by atoms with van der Waals surface area (Å²) in [5.41, 5.74) is 1.10. The summed E-state index contributed by atoms with van der Waals surface area (Å²) in [6, 6.07) is 4.86. The van der Waals surface area contributed by atoms with E-state index < -0.39 is 5.97 Å². The van der Waals surface area contributed by atoms with Gasteiger partial charge in [0.2, 0.25) is 0 Å². The van der Waals surface area contributed by atoms with Gasteiger partial charge >= 0.3 is 5.97 Å². The molecule has 0 atom stereocenters. The Kier molecular flexibility index (Phi) is 3.14. The lowest BCUT2D eigenvalue weighted by molar-refractivity contribution is 0.0698. The third-order valence-electron chi connectivity index (χ3n) is 1.99. The average Bonchev–Trinajstić information content (AvgIpc) is 2.66. The number of hydrogen-bond acceptors (Lipinski definition) is 3. The number of aromatic carboxylic acids is 1. The van der Waals surface area contributed by atoms with E-state index in [1.165, 1.54) is 5.38 Å². The van der Waals surface area contributed by atoms with Crippen molar-refractivity contribution < 1.29 is 9.90 Å². The molecule has 2 rings (SSSR count). The molecule has 1 N–H and O–H groups in total. The first-order chi connectivity index (χ1) is 7.59. The van der Waals surface area contributed by atoms with Gasteiger partial charge in [-0.1, -0.05) is 23.2 Å². The Morgan fingerprint density at radius 3 is 2.75 bits per heavy atom. The molecule has 2 aromatic rings. The van der Waals surface area contributed by atoms with Gasteiger partial charge in [-0.2, -0.15) is 4.37 Å². The van der Waals surface area contributed by atoms with Crippen molar-refractivity contribution in [3.63, 3.8) is 0 Å². The molecule has 1 heterocycles. The van der Waals surface area contributed by atoms with E-state index in [1.54, 1.807) is 18.2 Å². The fourth-order valence-corrected chi connectivity index (χ4v) is 2.43. The molecule has 0 spiro atoms. The molecule has 0 saturated carbocycles. The molecular weight excluding hydrogens is 269 g/mol. The first kappa shape index (κ1) is 11.4. The average molecular weight is 274 g/mol. The standard InChI is InChI=1S/C10H5Cl2NO2S/c11-5-1-2-6(8(12)3-5)9-7(10(14)15)4-16-13-9/h1-4H,(H,14,15). The van der Waals surface area contributed by atoms with E-state index in [4.69, 9.17) is 28.3 Å². The topological polar surface area (TPSA) is 50.2 Å². The zero-order chi connectivity index (χ0) is 11.7. The van der Waals surface area contributed by atoms with Gasteiger partial charge < -0.3 is 5.11 Å². The molecule has 0 aliphatic heterocycles. The molecule has 0 saturated heterocycles. The zero-order valence-corrected chi connectivity index (χ0v) is 10.1. The van der Waals surface area contributed by atoms with Crippen molar-refractivity contribution in [1.82, 2.24) is 4.37 Å². The number of carboxylic acids is 1. The Morgan fingerprint density at radius 2 is 2.12 bits per heavy atom. The molecule has 0 bridgehead atoms. The van der Waals surface area contributed by atoms with Gasteiger partial charge in [0.25, 0.3) is 0 Å². The second-order valence-corrected chi connectivity index (χ2v) is 4.48. The Hall–Kier alpha value is -1.10. The molecule has 0 amide bonds. The molecule has 0 radical (unpaired) electrons. The van der Waals surface area contributed by atoms with Crippen LogP contribution < -0.4 is 0 Å². The monoisotopic (exact) mass is 273 g/mol. The highest BCUT2D eigenvalue weighted by molar-refractivity contribution is 7.04. The number of nitrogens with zero attached hydrogens (tertiary/aromatic N) is 1. The van der Waals surface area contributed by atoms with Crippen LogP contribution in [-0.2, 0) is 0 Å². The van der Waals surface area contributed by atoms with Gasteiger partial charge in [-0.05, 0) is 29.7 Å². The van der Waals surface area contributed by atoms with Crippen LogP contribution in [0.4, 0.5) is 0 Å². The predicted molar refractivity (Wildman–Crippen MR) is 64.5 cm³/mol. The molecule has 0 unspecified atom stereocenters. The smallest absolute Gasteiger partial charge is 0.338 e. The lowest BCUT2D eigenvalue weighted by atomic mass is 10.1. The van der Waals surface area contributed by atoms with Crippen molar-refractivity contribution in [2.24, 2.45) is 0 Å². The lowest BCUT2D eigenvalue weighted by Gasteiger charge is -2.02. The number of hydrogen-bond donors (Lipinski definition) is 1. The maximum atomic E-state index is 10.9. The summed E-state index contributed by atoms with van der Waals surface area (Å²) in [6.07, 6.45) is 0. The lowest BCUT2D eigenvalue weighted by Crippen LogP contribution is -1.97. The second-order valence-electron chi connectivity index (χ2n) is 3.01. The SMILES string of the molecule is O=C(O)c1csnc1-c1ccc(Cl)cc1Cl. The zero-order valence-electron chi connectivity index (χ0n) is 7.78. The first-order valence-electron chi connectivity index (χ1n) is 4.22. The quantitative estimate of drug-likeness (QED) is 0.905. The van der Waals surface area contributed by atoms with Gasteiger partial charge in [0, 0.05) is 16.0 Å². The largest absolute Gasteiger partial charge is 0.478 e. The summed E-state index contributed by atoms with van der Waals surface area (Å²) in [5.74, 6) is -1.02. The van der Waals surface area contributed by atoms with E-state index in [0.717, 1.165) is 11.5 Å². The van der Waals surface area contributed by atoms with Crippen LogP contribution >= 0.6 is 34.7 Å². The molecule has 0 aliphatic rings. The van der Waals surface area contributed by atoms with Crippen molar-refractivity contribution in [1.29, 1.82) is 0 Å². The van der Waals surface area contributed by atoms with E-state index in [1.807, 2.05) is 0 Å². The minimum Gasteiger partial charge on any atom is -0.478 e. The van der Waals surface area contributed by atoms with E-state index in [-0.39, 0.29) is 5.56 Å². The van der Waals surface area contributed by atoms with E-state index in [0.29, 0.717) is 21.3 Å². The van der Waals surface area contributed by atoms with E-state index >= 15 is 0 Å². The summed E-state index contributed by atoms with van der Waals surface area (Å²) in [6.45, 7) is 0. The number of rotatable bonds is 2. The fourth-order valence-electron chi connectivity index (χ4n) is 1.26. The van der Waals surface area contributed by atoms with Gasteiger partial charge in [-0.3, -0.25) is 0 Å². The molecule has 1 aromatic carbocycles. The minimum atomic E-state index is -1.02. The van der Waals surface area contributed by atoms with Crippen LogP contribution in [0, 0.1) is 0 Å². The second kappa shape index (κ2) is 4.41. The molecule has 1 aromatic heterocycles. The Bertz CT molecular complexity index is 554. The summed E-state index contributed by atoms with van der Waals surface area (Å²) in [7, 11) is 0. The van der Waals surface area contributed by atoms with Crippen LogP contribution in [0.15, 0.2) is 23.6 Å². The highest BCUT2D eigenvalue weighted by Gasteiger charge is 2.16. The Morgan fingerprint density at radius 1 is 1.38 bits per heavy atom. The van der Waals surface area contributed by atoms with Gasteiger partial charge in [-0.25, -0.2) is 4.79 Å². The molecular formula is C10H5Cl2NO2S. The molecule has 0 aliphatic carbocycles. The summed E-state index contributed by atoms with van der Waals surface area (Å²) < 4.78 is 4.03. The fraction of sp³-hybridized carbons (Fsp3) is 0. The molecule has 3 nitrogen and oxygen atoms in total. The van der Waals surface area contributed by atoms with Gasteiger partial charge in [0.15, 0.2) is 0 Å². The molecule has 6 heteroatoms. The number of aromatic nitrogens is 1. The highest BCUT2D eigenvalue weighted by Crippen LogP contribution is 2.32. The predicted octanol–water partition coefficient (Wildman–Crippen LogP) is 3.82. The van der Waals surface area contributed by atoms with Crippen LogP contribution in [0.1, 0.15) is 10.4 Å². The third-order valence-corrected chi connectivity index (χ3v) is 3.16. The van der Waals surface area contributed by atoms with Crippen molar-refractivity contribution in [3.05, 3.63) is 39.2 Å². The summed E-state index contributed by atoms with van der Waals surface area (Å²) in [4.78, 5) is 10.9. The molecule has 16 heavy (non-hydrogen) atoms. The minimum absolute atomic E-state index is 0.147. The number of halogens is 2. The molecule has 0 fully saturated rings. The number of carboxylic acid groups (broad SMARTS) is 1. The van der Waals surface area contributed by atoms with Gasteiger partial charge in [0.05, 0.1) is 10.6 Å². The first-order valence-corrected chi connectivity index (χ1v) is 5.82. The van der Waals surface area contributed by atoms with Crippen molar-refractivity contribution in [3.8, 4) is 11.3 Å². The van der Waals surface area contributed by atoms with Crippen LogP contribution in [0.3, 0.4) is 0 Å². The number of benzene rings is 1. The van der Waals surface area contributed by atoms with Crippen LogP contribution in [0.2, 0.25) is 10.0 Å². The summed E-state index contributed by atoms with van der Waals surface area (Å²) >= 11 is 12.8. The van der Waals surface area contributed by atoms with Crippen LogP contribution in [0.5, 0.6) is 0 Å². The maximum Gasteiger partial charge on any atom is 0.338 e. The van der Waals surface area contributed by atoms with Gasteiger partial charge in [-0.15, -0.1) is 0 Å². The van der Waals surface area contributed by atoms with Crippen molar-refractivity contribution >= 4 is 40.7 Å². The van der Waals surface area contributed by atoms with Crippen LogP contribution in [0.25, 0.3) is 11.3 Å². The highest BCUT2D eigenvalue weighted by atomic mass is 35.5.